The van der Waals surface area contributed by atoms with Gasteiger partial charge < -0.3 is 10.2 Å². The standard InChI is InChI=1S/C19H21N3OS/c1-24-16-8-4-6-14(12-16)20-19(23)22-13-15-7-5-11-21(15)17-9-2-3-10-18(17)22/h2-4,6,8-10,12,15H,5,7,11,13H2,1H3,(H,20,23). The van der Waals surface area contributed by atoms with E-state index >= 15 is 0 Å². The van der Waals surface area contributed by atoms with Crippen LogP contribution >= 0.6 is 11.8 Å². The molecule has 2 aromatic rings. The van der Waals surface area contributed by atoms with E-state index in [0.717, 1.165) is 35.8 Å². The highest BCUT2D eigenvalue weighted by Gasteiger charge is 2.36. The Balaban J connectivity index is 1.61. The van der Waals surface area contributed by atoms with Crippen LogP contribution in [0.25, 0.3) is 0 Å². The number of nitrogens with one attached hydrogen (secondary N) is 1. The zero-order valence-corrected chi connectivity index (χ0v) is 14.6. The van der Waals surface area contributed by atoms with Crippen LogP contribution in [0.5, 0.6) is 0 Å². The lowest BCUT2D eigenvalue weighted by Gasteiger charge is -2.40. The Labute approximate surface area is 146 Å². The van der Waals surface area contributed by atoms with E-state index in [4.69, 9.17) is 0 Å². The van der Waals surface area contributed by atoms with E-state index in [2.05, 4.69) is 22.3 Å². The molecule has 4 nitrogen and oxygen atoms in total. The van der Waals surface area contributed by atoms with Gasteiger partial charge in [0.15, 0.2) is 0 Å². The first-order chi connectivity index (χ1) is 11.8. The zero-order chi connectivity index (χ0) is 16.5. The van der Waals surface area contributed by atoms with Gasteiger partial charge in [-0.15, -0.1) is 11.8 Å². The minimum atomic E-state index is -0.0488. The van der Waals surface area contributed by atoms with Gasteiger partial charge in [0.05, 0.1) is 11.4 Å². The molecule has 0 saturated carbocycles. The van der Waals surface area contributed by atoms with E-state index < -0.39 is 0 Å². The molecule has 2 aromatic carbocycles. The fourth-order valence-electron chi connectivity index (χ4n) is 3.67. The molecule has 2 heterocycles. The lowest BCUT2D eigenvalue weighted by atomic mass is 10.1. The Bertz CT molecular complexity index is 764. The average Bonchev–Trinajstić information content (AvgIpc) is 3.10. The summed E-state index contributed by atoms with van der Waals surface area (Å²) in [5, 5.41) is 3.06. The van der Waals surface area contributed by atoms with E-state index in [9.17, 15) is 4.79 Å². The van der Waals surface area contributed by atoms with E-state index in [-0.39, 0.29) is 6.03 Å². The molecule has 2 aliphatic heterocycles. The summed E-state index contributed by atoms with van der Waals surface area (Å²) >= 11 is 1.68. The van der Waals surface area contributed by atoms with Crippen molar-refractivity contribution >= 4 is 34.9 Å². The molecule has 1 N–H and O–H groups in total. The van der Waals surface area contributed by atoms with Crippen LogP contribution in [0.4, 0.5) is 21.9 Å². The van der Waals surface area contributed by atoms with Crippen molar-refractivity contribution in [3.63, 3.8) is 0 Å². The molecule has 0 spiro atoms. The third kappa shape index (κ3) is 2.73. The summed E-state index contributed by atoms with van der Waals surface area (Å²) in [4.78, 5) is 18.4. The van der Waals surface area contributed by atoms with Crippen molar-refractivity contribution in [1.82, 2.24) is 0 Å². The van der Waals surface area contributed by atoms with Gasteiger partial charge in [-0.3, -0.25) is 4.90 Å². The molecule has 0 radical (unpaired) electrons. The summed E-state index contributed by atoms with van der Waals surface area (Å²) in [7, 11) is 0. The number of benzene rings is 2. The lowest BCUT2D eigenvalue weighted by Crippen LogP contribution is -2.49. The molecule has 1 atom stereocenters. The fourth-order valence-corrected chi connectivity index (χ4v) is 4.13. The van der Waals surface area contributed by atoms with Crippen LogP contribution in [0.3, 0.4) is 0 Å². The molecule has 4 rings (SSSR count). The van der Waals surface area contributed by atoms with Crippen LogP contribution in [-0.2, 0) is 0 Å². The number of rotatable bonds is 2. The van der Waals surface area contributed by atoms with Crippen LogP contribution < -0.4 is 15.1 Å². The molecular weight excluding hydrogens is 318 g/mol. The van der Waals surface area contributed by atoms with Crippen molar-refractivity contribution in [1.29, 1.82) is 0 Å². The average molecular weight is 339 g/mol. The van der Waals surface area contributed by atoms with Crippen molar-refractivity contribution in [2.45, 2.75) is 23.8 Å². The van der Waals surface area contributed by atoms with Gasteiger partial charge in [0.1, 0.15) is 0 Å². The minimum absolute atomic E-state index is 0.0488. The van der Waals surface area contributed by atoms with Gasteiger partial charge in [0.2, 0.25) is 0 Å². The SMILES string of the molecule is CSc1cccc(NC(=O)N2CC3CCCN3c3ccccc32)c1. The number of carbonyl (C=O) groups excluding carboxylic acids is 1. The highest BCUT2D eigenvalue weighted by atomic mass is 32.2. The summed E-state index contributed by atoms with van der Waals surface area (Å²) in [6, 6.07) is 16.6. The summed E-state index contributed by atoms with van der Waals surface area (Å²) in [5.74, 6) is 0. The van der Waals surface area contributed by atoms with Gasteiger partial charge in [-0.2, -0.15) is 0 Å². The van der Waals surface area contributed by atoms with Crippen molar-refractivity contribution < 1.29 is 4.79 Å². The Hall–Kier alpha value is -2.14. The van der Waals surface area contributed by atoms with Gasteiger partial charge in [-0.05, 0) is 49.4 Å². The highest BCUT2D eigenvalue weighted by Crippen LogP contribution is 2.39. The normalized spacial score (nSPS) is 19.0. The van der Waals surface area contributed by atoms with E-state index in [0.29, 0.717) is 6.04 Å². The Kier molecular flexibility index (Phi) is 4.10. The maximum Gasteiger partial charge on any atom is 0.326 e. The summed E-state index contributed by atoms with van der Waals surface area (Å²) in [6.45, 7) is 1.85. The maximum atomic E-state index is 12.9. The van der Waals surface area contributed by atoms with Crippen LogP contribution in [0.15, 0.2) is 53.4 Å². The molecule has 0 bridgehead atoms. The van der Waals surface area contributed by atoms with Crippen LogP contribution in [-0.4, -0.2) is 31.4 Å². The van der Waals surface area contributed by atoms with Gasteiger partial charge in [0, 0.05) is 29.7 Å². The molecule has 1 unspecified atom stereocenters. The van der Waals surface area contributed by atoms with Crippen molar-refractivity contribution in [3.8, 4) is 0 Å². The fraction of sp³-hybridized carbons (Fsp3) is 0.316. The van der Waals surface area contributed by atoms with E-state index in [1.54, 1.807) is 11.8 Å². The number of amides is 2. The lowest BCUT2D eigenvalue weighted by molar-refractivity contribution is 0.256. The van der Waals surface area contributed by atoms with Crippen molar-refractivity contribution in [2.24, 2.45) is 0 Å². The monoisotopic (exact) mass is 339 g/mol. The second kappa shape index (κ2) is 6.40. The first-order valence-electron chi connectivity index (χ1n) is 8.34. The first kappa shape index (κ1) is 15.4. The molecule has 2 aliphatic rings. The largest absolute Gasteiger partial charge is 0.365 e. The summed E-state index contributed by atoms with van der Waals surface area (Å²) in [6.07, 6.45) is 4.39. The van der Waals surface area contributed by atoms with Crippen LogP contribution in [0.1, 0.15) is 12.8 Å². The predicted octanol–water partition coefficient (Wildman–Crippen LogP) is 4.43. The highest BCUT2D eigenvalue weighted by molar-refractivity contribution is 7.98. The second-order valence-corrected chi connectivity index (χ2v) is 7.13. The molecule has 0 aliphatic carbocycles. The Morgan fingerprint density at radius 3 is 2.83 bits per heavy atom. The Morgan fingerprint density at radius 2 is 2.00 bits per heavy atom. The molecule has 124 valence electrons. The van der Waals surface area contributed by atoms with E-state index in [1.807, 2.05) is 47.6 Å². The predicted molar refractivity (Wildman–Crippen MR) is 101 cm³/mol. The van der Waals surface area contributed by atoms with Gasteiger partial charge in [0.25, 0.3) is 0 Å². The van der Waals surface area contributed by atoms with Gasteiger partial charge in [-0.25, -0.2) is 4.79 Å². The number of nitrogens with zero attached hydrogens (tertiary/aromatic N) is 2. The minimum Gasteiger partial charge on any atom is -0.365 e. The quantitative estimate of drug-likeness (QED) is 0.822. The smallest absolute Gasteiger partial charge is 0.326 e. The molecule has 1 saturated heterocycles. The Morgan fingerprint density at radius 1 is 1.17 bits per heavy atom. The first-order valence-corrected chi connectivity index (χ1v) is 9.57. The molecule has 1 fully saturated rings. The number of hydrogen-bond acceptors (Lipinski definition) is 3. The number of para-hydroxylation sites is 2. The maximum absolute atomic E-state index is 12.9. The van der Waals surface area contributed by atoms with Crippen LogP contribution in [0, 0.1) is 0 Å². The molecule has 24 heavy (non-hydrogen) atoms. The van der Waals surface area contributed by atoms with Crippen molar-refractivity contribution in [2.75, 3.05) is 34.5 Å². The van der Waals surface area contributed by atoms with Gasteiger partial charge in [-0.1, -0.05) is 18.2 Å². The summed E-state index contributed by atoms with van der Waals surface area (Å²) < 4.78 is 0. The number of thioether (sulfide) groups is 1. The molecule has 5 heteroatoms. The number of fused-ring (bicyclic) bond motifs is 3. The van der Waals surface area contributed by atoms with Crippen LogP contribution in [0.2, 0.25) is 0 Å². The number of hydrogen-bond donors (Lipinski definition) is 1. The molecule has 2 amide bonds. The number of anilines is 3. The number of carbonyl (C=O) groups is 1. The van der Waals surface area contributed by atoms with Gasteiger partial charge >= 0.3 is 6.03 Å². The van der Waals surface area contributed by atoms with E-state index in [1.165, 1.54) is 12.1 Å². The second-order valence-electron chi connectivity index (χ2n) is 6.25. The third-order valence-electron chi connectivity index (χ3n) is 4.82. The molecule has 0 aromatic heterocycles. The van der Waals surface area contributed by atoms with Crippen molar-refractivity contribution in [3.05, 3.63) is 48.5 Å². The summed E-state index contributed by atoms with van der Waals surface area (Å²) in [5.41, 5.74) is 3.03. The molecular formula is C19H21N3OS. The number of urea groups is 1. The zero-order valence-electron chi connectivity index (χ0n) is 13.7. The third-order valence-corrected chi connectivity index (χ3v) is 5.54. The topological polar surface area (TPSA) is 35.6 Å².